The number of anilines is 1. The van der Waals surface area contributed by atoms with E-state index in [0.29, 0.717) is 40.5 Å². The summed E-state index contributed by atoms with van der Waals surface area (Å²) in [6.45, 7) is 1.93. The summed E-state index contributed by atoms with van der Waals surface area (Å²) in [7, 11) is 0. The molecule has 0 spiro atoms. The van der Waals surface area contributed by atoms with Crippen molar-refractivity contribution in [3.05, 3.63) is 35.4 Å². The first-order chi connectivity index (χ1) is 17.4. The largest absolute Gasteiger partial charge is 0.394 e. The second-order valence-corrected chi connectivity index (χ2v) is 10.2. The van der Waals surface area contributed by atoms with Crippen LogP contribution in [0, 0.1) is 11.6 Å². The summed E-state index contributed by atoms with van der Waals surface area (Å²) in [5.74, 6) is -0.623. The Morgan fingerprint density at radius 3 is 2.75 bits per heavy atom. The average molecular weight is 523 g/mol. The van der Waals surface area contributed by atoms with Crippen molar-refractivity contribution in [2.75, 3.05) is 24.3 Å². The van der Waals surface area contributed by atoms with Gasteiger partial charge in [-0.15, -0.1) is 5.10 Å². The van der Waals surface area contributed by atoms with E-state index >= 15 is 0 Å². The third kappa shape index (κ3) is 4.90. The van der Waals surface area contributed by atoms with E-state index in [1.807, 2.05) is 0 Å². The molecule has 10 nitrogen and oxygen atoms in total. The number of nitrogens with one attached hydrogen (secondary N) is 1. The van der Waals surface area contributed by atoms with Crippen molar-refractivity contribution in [2.45, 2.75) is 67.7 Å². The number of hydrogen-bond acceptors (Lipinski definition) is 10. The van der Waals surface area contributed by atoms with Crippen LogP contribution >= 0.6 is 11.8 Å². The number of aromatic nitrogens is 5. The molecule has 2 heterocycles. The molecule has 194 valence electrons. The SMILES string of the molecule is CCCSc1nc(NC2CC(OCCO)C(O)C2O)c2nnn([C@@H]3C[C@H]3c3ccc(F)c(F)c3)c2n1. The lowest BCUT2D eigenvalue weighted by Crippen LogP contribution is -2.36. The summed E-state index contributed by atoms with van der Waals surface area (Å²) in [4.78, 5) is 9.27. The molecule has 36 heavy (non-hydrogen) atoms. The maximum absolute atomic E-state index is 13.8. The highest BCUT2D eigenvalue weighted by Gasteiger charge is 2.44. The Balaban J connectivity index is 1.43. The predicted molar refractivity (Wildman–Crippen MR) is 128 cm³/mol. The van der Waals surface area contributed by atoms with E-state index in [9.17, 15) is 19.0 Å². The van der Waals surface area contributed by atoms with Crippen LogP contribution in [-0.2, 0) is 4.74 Å². The van der Waals surface area contributed by atoms with E-state index in [1.54, 1.807) is 10.7 Å². The molecule has 0 aliphatic heterocycles. The van der Waals surface area contributed by atoms with Crippen LogP contribution in [0.4, 0.5) is 14.6 Å². The van der Waals surface area contributed by atoms with Crippen LogP contribution in [-0.4, -0.2) is 83.6 Å². The molecule has 0 bridgehead atoms. The lowest BCUT2D eigenvalue weighted by molar-refractivity contribution is -0.0612. The molecular weight excluding hydrogens is 494 g/mol. The van der Waals surface area contributed by atoms with E-state index in [2.05, 4.69) is 32.5 Å². The Hall–Kier alpha value is -2.45. The first-order valence-electron chi connectivity index (χ1n) is 12.0. The number of halogens is 2. The van der Waals surface area contributed by atoms with Crippen molar-refractivity contribution in [1.29, 1.82) is 0 Å². The van der Waals surface area contributed by atoms with Crippen LogP contribution in [0.3, 0.4) is 0 Å². The third-order valence-electron chi connectivity index (χ3n) is 6.56. The number of aliphatic hydroxyl groups is 3. The fourth-order valence-electron chi connectivity index (χ4n) is 4.62. The minimum Gasteiger partial charge on any atom is -0.394 e. The maximum atomic E-state index is 13.8. The molecule has 2 saturated carbocycles. The minimum absolute atomic E-state index is 0.0423. The third-order valence-corrected chi connectivity index (χ3v) is 7.61. The van der Waals surface area contributed by atoms with E-state index in [-0.39, 0.29) is 25.2 Å². The first-order valence-corrected chi connectivity index (χ1v) is 13.0. The molecule has 4 N–H and O–H groups in total. The zero-order chi connectivity index (χ0) is 25.4. The van der Waals surface area contributed by atoms with Crippen molar-refractivity contribution in [1.82, 2.24) is 25.0 Å². The molecule has 3 aromatic rings. The van der Waals surface area contributed by atoms with Gasteiger partial charge in [-0.2, -0.15) is 0 Å². The van der Waals surface area contributed by atoms with Crippen LogP contribution < -0.4 is 5.32 Å². The van der Waals surface area contributed by atoms with Crippen LogP contribution in [0.2, 0.25) is 0 Å². The van der Waals surface area contributed by atoms with Crippen molar-refractivity contribution >= 4 is 28.7 Å². The summed E-state index contributed by atoms with van der Waals surface area (Å²) in [6, 6.07) is 3.25. The summed E-state index contributed by atoms with van der Waals surface area (Å²) in [6.07, 6.45) is -0.938. The average Bonchev–Trinajstić information content (AvgIpc) is 3.48. The standard InChI is InChI=1S/C23H28F2N6O4S/c1-2-7-36-23-27-21(26-15-10-17(35-6-5-32)20(34)19(15)33)18-22(28-23)31(30-29-18)16-9-12(16)11-3-4-13(24)14(25)8-11/h3-4,8,12,15-17,19-20,32-34H,2,5-7,9-10H2,1H3,(H,26,27,28)/t12-,15?,16+,17?,19?,20?/m0/s1. The molecule has 2 fully saturated rings. The highest BCUT2D eigenvalue weighted by atomic mass is 32.2. The van der Waals surface area contributed by atoms with Gasteiger partial charge in [-0.3, -0.25) is 0 Å². The minimum atomic E-state index is -1.11. The Labute approximate surface area is 210 Å². The lowest BCUT2D eigenvalue weighted by atomic mass is 10.1. The molecule has 0 saturated heterocycles. The number of nitrogens with zero attached hydrogens (tertiary/aromatic N) is 5. The normalized spacial score (nSPS) is 27.6. The van der Waals surface area contributed by atoms with Gasteiger partial charge in [0, 0.05) is 11.7 Å². The lowest BCUT2D eigenvalue weighted by Gasteiger charge is -2.18. The zero-order valence-electron chi connectivity index (χ0n) is 19.6. The Morgan fingerprint density at radius 2 is 2.00 bits per heavy atom. The summed E-state index contributed by atoms with van der Waals surface area (Å²) in [5.41, 5.74) is 1.60. The monoisotopic (exact) mass is 522 g/mol. The van der Waals surface area contributed by atoms with Crippen LogP contribution in [0.25, 0.3) is 11.2 Å². The quantitative estimate of drug-likeness (QED) is 0.231. The number of fused-ring (bicyclic) bond motifs is 1. The second kappa shape index (κ2) is 10.5. The molecule has 2 aliphatic carbocycles. The number of rotatable bonds is 10. The Kier molecular flexibility index (Phi) is 7.35. The van der Waals surface area contributed by atoms with Crippen molar-refractivity contribution in [3.63, 3.8) is 0 Å². The Bertz CT molecular complexity index is 1230. The van der Waals surface area contributed by atoms with E-state index in [4.69, 9.17) is 9.84 Å². The number of aliphatic hydroxyl groups excluding tert-OH is 3. The van der Waals surface area contributed by atoms with Crippen LogP contribution in [0.1, 0.15) is 43.7 Å². The van der Waals surface area contributed by atoms with Gasteiger partial charge in [-0.25, -0.2) is 23.4 Å². The van der Waals surface area contributed by atoms with Gasteiger partial charge in [0.2, 0.25) is 0 Å². The highest BCUT2D eigenvalue weighted by molar-refractivity contribution is 7.99. The number of ether oxygens (including phenoxy) is 1. The van der Waals surface area contributed by atoms with Gasteiger partial charge in [0.15, 0.2) is 33.8 Å². The van der Waals surface area contributed by atoms with Gasteiger partial charge in [-0.05, 0) is 37.0 Å². The summed E-state index contributed by atoms with van der Waals surface area (Å²) >= 11 is 1.48. The van der Waals surface area contributed by atoms with Gasteiger partial charge < -0.3 is 25.4 Å². The second-order valence-electron chi connectivity index (χ2n) is 9.09. The number of benzene rings is 1. The van der Waals surface area contributed by atoms with E-state index in [1.165, 1.54) is 17.8 Å². The molecule has 1 aromatic carbocycles. The van der Waals surface area contributed by atoms with E-state index in [0.717, 1.165) is 18.2 Å². The van der Waals surface area contributed by atoms with Crippen molar-refractivity contribution in [3.8, 4) is 0 Å². The maximum Gasteiger partial charge on any atom is 0.191 e. The molecule has 4 unspecified atom stereocenters. The molecule has 0 amide bonds. The van der Waals surface area contributed by atoms with Crippen LogP contribution in [0.5, 0.6) is 0 Å². The zero-order valence-corrected chi connectivity index (χ0v) is 20.4. The molecule has 13 heteroatoms. The Morgan fingerprint density at radius 1 is 1.17 bits per heavy atom. The molecule has 2 aliphatic rings. The molecule has 0 radical (unpaired) electrons. The molecular formula is C23H28F2N6O4S. The summed E-state index contributed by atoms with van der Waals surface area (Å²) in [5, 5.41) is 42.2. The highest BCUT2D eigenvalue weighted by Crippen LogP contribution is 2.52. The van der Waals surface area contributed by atoms with Gasteiger partial charge in [-0.1, -0.05) is 30.0 Å². The smallest absolute Gasteiger partial charge is 0.191 e. The molecule has 2 aromatic heterocycles. The number of hydrogen-bond donors (Lipinski definition) is 4. The van der Waals surface area contributed by atoms with Gasteiger partial charge >= 0.3 is 0 Å². The fraction of sp³-hybridized carbons (Fsp3) is 0.565. The van der Waals surface area contributed by atoms with Gasteiger partial charge in [0.1, 0.15) is 12.2 Å². The molecule has 6 atom stereocenters. The van der Waals surface area contributed by atoms with Gasteiger partial charge in [0.05, 0.1) is 31.4 Å². The van der Waals surface area contributed by atoms with Gasteiger partial charge in [0.25, 0.3) is 0 Å². The predicted octanol–water partition coefficient (Wildman–Crippen LogP) is 2.01. The first kappa shape index (κ1) is 25.2. The fourth-order valence-corrected chi connectivity index (χ4v) is 5.32. The number of thioether (sulfide) groups is 1. The van der Waals surface area contributed by atoms with Crippen molar-refractivity contribution < 1.29 is 28.8 Å². The van der Waals surface area contributed by atoms with Crippen molar-refractivity contribution in [2.24, 2.45) is 0 Å². The summed E-state index contributed by atoms with van der Waals surface area (Å²) < 4.78 is 34.3. The van der Waals surface area contributed by atoms with E-state index < -0.39 is 36.0 Å². The topological polar surface area (TPSA) is 138 Å². The van der Waals surface area contributed by atoms with Crippen LogP contribution in [0.15, 0.2) is 23.4 Å². The molecule has 5 rings (SSSR count).